The van der Waals surface area contributed by atoms with Gasteiger partial charge in [0, 0.05) is 0 Å². The Balaban J connectivity index is 3.25. The molecule has 88 valence electrons. The minimum absolute atomic E-state index is 0.0257. The third kappa shape index (κ3) is 2.22. The maximum Gasteiger partial charge on any atom is 0.337 e. The van der Waals surface area contributed by atoms with Crippen LogP contribution in [0.5, 0.6) is 11.5 Å². The predicted molar refractivity (Wildman–Crippen MR) is 52.1 cm³/mol. The van der Waals surface area contributed by atoms with Gasteiger partial charge in [0.2, 0.25) is 0 Å². The number of carboxylic acid groups (broad SMARTS) is 1. The van der Waals surface area contributed by atoms with Crippen LogP contribution >= 0.6 is 0 Å². The lowest BCUT2D eigenvalue weighted by molar-refractivity contribution is -0.146. The van der Waals surface area contributed by atoms with Gasteiger partial charge in [0.15, 0.2) is 23.4 Å². The number of aliphatic hydroxyl groups excluding tert-OH is 1. The Labute approximate surface area is 91.0 Å². The van der Waals surface area contributed by atoms with Gasteiger partial charge in [-0.05, 0) is 17.7 Å². The predicted octanol–water partition coefficient (Wildman–Crippen LogP) is 0.961. The van der Waals surface area contributed by atoms with Gasteiger partial charge in [-0.1, -0.05) is 0 Å². The van der Waals surface area contributed by atoms with Crippen molar-refractivity contribution in [3.8, 4) is 11.5 Å². The molecule has 0 saturated heterocycles. The summed E-state index contributed by atoms with van der Waals surface area (Å²) in [6, 6.07) is 2.10. The van der Waals surface area contributed by atoms with E-state index < -0.39 is 17.9 Å². The molecule has 2 N–H and O–H groups in total. The molecule has 0 aromatic heterocycles. The minimum Gasteiger partial charge on any atom is -0.493 e. The van der Waals surface area contributed by atoms with E-state index in [1.807, 2.05) is 0 Å². The van der Waals surface area contributed by atoms with Crippen LogP contribution in [0.4, 0.5) is 4.39 Å². The molecule has 16 heavy (non-hydrogen) atoms. The largest absolute Gasteiger partial charge is 0.493 e. The number of halogens is 1. The van der Waals surface area contributed by atoms with Crippen molar-refractivity contribution in [2.75, 3.05) is 14.2 Å². The SMILES string of the molecule is COc1cc(C(O)C(=O)O)cc(F)c1OC. The molecule has 0 spiro atoms. The molecule has 1 aromatic rings. The van der Waals surface area contributed by atoms with Crippen LogP contribution in [0.15, 0.2) is 12.1 Å². The van der Waals surface area contributed by atoms with Crippen LogP contribution in [0.3, 0.4) is 0 Å². The molecule has 1 aromatic carbocycles. The van der Waals surface area contributed by atoms with E-state index in [0.29, 0.717) is 0 Å². The van der Waals surface area contributed by atoms with Crippen LogP contribution < -0.4 is 9.47 Å². The average Bonchev–Trinajstić information content (AvgIpc) is 2.26. The summed E-state index contributed by atoms with van der Waals surface area (Å²) in [4.78, 5) is 10.5. The Morgan fingerprint density at radius 1 is 1.38 bits per heavy atom. The van der Waals surface area contributed by atoms with Crippen LogP contribution in [0.25, 0.3) is 0 Å². The number of carboxylic acids is 1. The van der Waals surface area contributed by atoms with E-state index in [-0.39, 0.29) is 17.1 Å². The third-order valence-corrected chi connectivity index (χ3v) is 2.01. The molecule has 0 bridgehead atoms. The summed E-state index contributed by atoms with van der Waals surface area (Å²) in [5.74, 6) is -2.37. The Bertz CT molecular complexity index is 404. The maximum absolute atomic E-state index is 13.4. The molecule has 0 heterocycles. The van der Waals surface area contributed by atoms with Crippen LogP contribution in [-0.4, -0.2) is 30.4 Å². The van der Waals surface area contributed by atoms with Gasteiger partial charge in [0.25, 0.3) is 0 Å². The summed E-state index contributed by atoms with van der Waals surface area (Å²) < 4.78 is 23.0. The first-order valence-corrected chi connectivity index (χ1v) is 4.33. The molecule has 0 aliphatic carbocycles. The van der Waals surface area contributed by atoms with E-state index >= 15 is 0 Å². The number of methoxy groups -OCH3 is 2. The average molecular weight is 230 g/mol. The lowest BCUT2D eigenvalue weighted by Gasteiger charge is -2.12. The zero-order valence-electron chi connectivity index (χ0n) is 8.73. The molecule has 0 fully saturated rings. The molecule has 1 atom stereocenters. The van der Waals surface area contributed by atoms with Gasteiger partial charge in [0.05, 0.1) is 14.2 Å². The Kier molecular flexibility index (Phi) is 3.68. The van der Waals surface area contributed by atoms with Crippen molar-refractivity contribution in [2.24, 2.45) is 0 Å². The number of ether oxygens (including phenoxy) is 2. The molecular weight excluding hydrogens is 219 g/mol. The standard InChI is InChI=1S/C10H11FO5/c1-15-7-4-5(8(12)10(13)14)3-6(11)9(7)16-2/h3-4,8,12H,1-2H3,(H,13,14). The zero-order chi connectivity index (χ0) is 12.3. The molecule has 0 amide bonds. The number of hydrogen-bond donors (Lipinski definition) is 2. The Hall–Kier alpha value is -1.82. The fourth-order valence-electron chi connectivity index (χ4n) is 1.24. The van der Waals surface area contributed by atoms with E-state index in [1.165, 1.54) is 20.3 Å². The van der Waals surface area contributed by atoms with Gasteiger partial charge in [-0.3, -0.25) is 0 Å². The van der Waals surface area contributed by atoms with Gasteiger partial charge in [-0.15, -0.1) is 0 Å². The highest BCUT2D eigenvalue weighted by atomic mass is 19.1. The van der Waals surface area contributed by atoms with Crippen LogP contribution in [0.2, 0.25) is 0 Å². The second-order valence-corrected chi connectivity index (χ2v) is 2.98. The number of hydrogen-bond acceptors (Lipinski definition) is 4. The van der Waals surface area contributed by atoms with Gasteiger partial charge in [-0.25, -0.2) is 9.18 Å². The number of benzene rings is 1. The highest BCUT2D eigenvalue weighted by Crippen LogP contribution is 2.33. The van der Waals surface area contributed by atoms with Gasteiger partial charge in [0.1, 0.15) is 0 Å². The van der Waals surface area contributed by atoms with Crippen molar-refractivity contribution in [3.05, 3.63) is 23.5 Å². The van der Waals surface area contributed by atoms with Crippen molar-refractivity contribution in [1.82, 2.24) is 0 Å². The van der Waals surface area contributed by atoms with Crippen molar-refractivity contribution in [3.63, 3.8) is 0 Å². The summed E-state index contributed by atoms with van der Waals surface area (Å²) in [6.07, 6.45) is -1.80. The fourth-order valence-corrected chi connectivity index (χ4v) is 1.24. The second kappa shape index (κ2) is 4.80. The molecule has 1 unspecified atom stereocenters. The number of aliphatic carboxylic acids is 1. The second-order valence-electron chi connectivity index (χ2n) is 2.98. The molecule has 1 rings (SSSR count). The smallest absolute Gasteiger partial charge is 0.337 e. The molecule has 5 nitrogen and oxygen atoms in total. The van der Waals surface area contributed by atoms with E-state index in [2.05, 4.69) is 0 Å². The fraction of sp³-hybridized carbons (Fsp3) is 0.300. The molecule has 0 aliphatic heterocycles. The molecule has 0 radical (unpaired) electrons. The topological polar surface area (TPSA) is 76.0 Å². The maximum atomic E-state index is 13.4. The highest BCUT2D eigenvalue weighted by molar-refractivity contribution is 5.74. The summed E-state index contributed by atoms with van der Waals surface area (Å²) in [5.41, 5.74) is -0.109. The lowest BCUT2D eigenvalue weighted by Crippen LogP contribution is -2.11. The van der Waals surface area contributed by atoms with Gasteiger partial charge in [-0.2, -0.15) is 0 Å². The highest BCUT2D eigenvalue weighted by Gasteiger charge is 2.21. The lowest BCUT2D eigenvalue weighted by atomic mass is 10.1. The number of aliphatic hydroxyl groups is 1. The van der Waals surface area contributed by atoms with E-state index in [0.717, 1.165) is 6.07 Å². The van der Waals surface area contributed by atoms with Crippen LogP contribution in [-0.2, 0) is 4.79 Å². The third-order valence-electron chi connectivity index (χ3n) is 2.01. The monoisotopic (exact) mass is 230 g/mol. The number of carbonyl (C=O) groups is 1. The number of rotatable bonds is 4. The van der Waals surface area contributed by atoms with Crippen LogP contribution in [0, 0.1) is 5.82 Å². The molecular formula is C10H11FO5. The molecule has 0 aliphatic rings. The summed E-state index contributed by atoms with van der Waals surface area (Å²) in [6.45, 7) is 0. The Morgan fingerprint density at radius 3 is 2.44 bits per heavy atom. The minimum atomic E-state index is -1.80. The normalized spacial score (nSPS) is 12.0. The quantitative estimate of drug-likeness (QED) is 0.805. The summed E-state index contributed by atoms with van der Waals surface area (Å²) >= 11 is 0. The zero-order valence-corrected chi connectivity index (χ0v) is 8.73. The van der Waals surface area contributed by atoms with Crippen molar-refractivity contribution >= 4 is 5.97 Å². The summed E-state index contributed by atoms with van der Waals surface area (Å²) in [5, 5.41) is 17.8. The van der Waals surface area contributed by atoms with Crippen LogP contribution in [0.1, 0.15) is 11.7 Å². The van der Waals surface area contributed by atoms with Crippen molar-refractivity contribution in [2.45, 2.75) is 6.10 Å². The van der Waals surface area contributed by atoms with E-state index in [1.54, 1.807) is 0 Å². The van der Waals surface area contributed by atoms with Crippen molar-refractivity contribution in [1.29, 1.82) is 0 Å². The van der Waals surface area contributed by atoms with Crippen molar-refractivity contribution < 1.29 is 28.9 Å². The van der Waals surface area contributed by atoms with E-state index in [4.69, 9.17) is 14.6 Å². The first kappa shape index (κ1) is 12.3. The Morgan fingerprint density at radius 2 is 2.00 bits per heavy atom. The van der Waals surface area contributed by atoms with Gasteiger partial charge >= 0.3 is 5.97 Å². The molecule has 6 heteroatoms. The first-order chi connectivity index (χ1) is 7.51. The summed E-state index contributed by atoms with van der Waals surface area (Å²) in [7, 11) is 2.54. The molecule has 0 saturated carbocycles. The van der Waals surface area contributed by atoms with Gasteiger partial charge < -0.3 is 19.7 Å². The van der Waals surface area contributed by atoms with E-state index in [9.17, 15) is 14.3 Å². The first-order valence-electron chi connectivity index (χ1n) is 4.33.